The van der Waals surface area contributed by atoms with Crippen LogP contribution in [-0.4, -0.2) is 17.4 Å². The Morgan fingerprint density at radius 2 is 2.11 bits per heavy atom. The molecule has 4 heteroatoms. The van der Waals surface area contributed by atoms with Crippen LogP contribution in [0.15, 0.2) is 35.7 Å². The van der Waals surface area contributed by atoms with E-state index in [2.05, 4.69) is 0 Å². The zero-order chi connectivity index (χ0) is 13.8. The molecule has 0 saturated carbocycles. The molecule has 0 bridgehead atoms. The second-order valence-electron chi connectivity index (χ2n) is 4.43. The van der Waals surface area contributed by atoms with Gasteiger partial charge < -0.3 is 10.6 Å². The Kier molecular flexibility index (Phi) is 4.22. The van der Waals surface area contributed by atoms with E-state index in [0.29, 0.717) is 24.3 Å². The predicted molar refractivity (Wildman–Crippen MR) is 80.3 cm³/mol. The van der Waals surface area contributed by atoms with Gasteiger partial charge in [0.2, 0.25) is 0 Å². The molecule has 1 amide bonds. The van der Waals surface area contributed by atoms with Crippen molar-refractivity contribution in [2.24, 2.45) is 0 Å². The maximum atomic E-state index is 12.5. The van der Waals surface area contributed by atoms with E-state index in [0.717, 1.165) is 5.56 Å². The Labute approximate surface area is 117 Å². The van der Waals surface area contributed by atoms with E-state index >= 15 is 0 Å². The number of benzene rings is 1. The Balaban J connectivity index is 2.23. The van der Waals surface area contributed by atoms with Gasteiger partial charge in [-0.05, 0) is 36.9 Å². The molecule has 3 nitrogen and oxygen atoms in total. The summed E-state index contributed by atoms with van der Waals surface area (Å²) in [5, 5.41) is 2.02. The Hall–Kier alpha value is -1.81. The van der Waals surface area contributed by atoms with E-state index in [-0.39, 0.29) is 5.91 Å². The van der Waals surface area contributed by atoms with Crippen LogP contribution in [0.25, 0.3) is 0 Å². The van der Waals surface area contributed by atoms with Gasteiger partial charge >= 0.3 is 0 Å². The molecule has 1 aromatic carbocycles. The van der Waals surface area contributed by atoms with Crippen LogP contribution in [0.3, 0.4) is 0 Å². The highest BCUT2D eigenvalue weighted by Gasteiger charge is 2.17. The second-order valence-corrected chi connectivity index (χ2v) is 5.47. The first kappa shape index (κ1) is 13.6. The third-order valence-electron chi connectivity index (χ3n) is 3.15. The number of nitrogens with zero attached hydrogens (tertiary/aromatic N) is 1. The van der Waals surface area contributed by atoms with Gasteiger partial charge in [-0.3, -0.25) is 4.79 Å². The average Bonchev–Trinajstić information content (AvgIpc) is 2.91. The van der Waals surface area contributed by atoms with Crippen molar-refractivity contribution in [2.75, 3.05) is 12.3 Å². The number of hydrogen-bond acceptors (Lipinski definition) is 3. The van der Waals surface area contributed by atoms with Crippen molar-refractivity contribution >= 4 is 22.9 Å². The quantitative estimate of drug-likeness (QED) is 0.869. The molecule has 19 heavy (non-hydrogen) atoms. The first-order chi connectivity index (χ1) is 9.13. The van der Waals surface area contributed by atoms with Gasteiger partial charge in [0, 0.05) is 17.1 Å². The van der Waals surface area contributed by atoms with Gasteiger partial charge in [0.05, 0.1) is 12.1 Å². The number of hydrogen-bond donors (Lipinski definition) is 1. The lowest BCUT2D eigenvalue weighted by Gasteiger charge is -2.21. The zero-order valence-corrected chi connectivity index (χ0v) is 12.0. The summed E-state index contributed by atoms with van der Waals surface area (Å²) in [6.07, 6.45) is 0. The van der Waals surface area contributed by atoms with Gasteiger partial charge in [0.1, 0.15) is 0 Å². The highest BCUT2D eigenvalue weighted by atomic mass is 32.1. The molecule has 0 aliphatic heterocycles. The summed E-state index contributed by atoms with van der Waals surface area (Å²) in [4.78, 5) is 15.5. The normalized spacial score (nSPS) is 10.4. The molecule has 1 aromatic heterocycles. The number of rotatable bonds is 4. The smallest absolute Gasteiger partial charge is 0.256 e. The molecule has 0 aliphatic rings. The van der Waals surface area contributed by atoms with Gasteiger partial charge in [-0.25, -0.2) is 0 Å². The number of amides is 1. The number of thiophene rings is 1. The van der Waals surface area contributed by atoms with Crippen molar-refractivity contribution in [3.63, 3.8) is 0 Å². The molecule has 1 heterocycles. The number of carbonyl (C=O) groups excluding carboxylic acids is 1. The second kappa shape index (κ2) is 5.89. The van der Waals surface area contributed by atoms with Crippen molar-refractivity contribution in [3.05, 3.63) is 51.7 Å². The standard InChI is InChI=1S/C15H18N2OS/c1-3-17(10-12-7-5-9-19-12)15(18)13-8-4-6-11(2)14(13)16/h4-9H,3,10,16H2,1-2H3. The van der Waals surface area contributed by atoms with E-state index in [1.165, 1.54) is 4.88 Å². The molecule has 0 atom stereocenters. The van der Waals surface area contributed by atoms with Crippen LogP contribution in [0.5, 0.6) is 0 Å². The Morgan fingerprint density at radius 3 is 2.74 bits per heavy atom. The topological polar surface area (TPSA) is 46.3 Å². The van der Waals surface area contributed by atoms with Crippen LogP contribution >= 0.6 is 11.3 Å². The van der Waals surface area contributed by atoms with E-state index in [4.69, 9.17) is 5.73 Å². The first-order valence-corrected chi connectivity index (χ1v) is 7.18. The number of anilines is 1. The number of para-hydroxylation sites is 1. The summed E-state index contributed by atoms with van der Waals surface area (Å²) in [5.41, 5.74) is 8.12. The van der Waals surface area contributed by atoms with E-state index in [1.54, 1.807) is 17.4 Å². The number of nitrogen functional groups attached to an aromatic ring is 1. The van der Waals surface area contributed by atoms with Crippen molar-refractivity contribution in [3.8, 4) is 0 Å². The molecule has 100 valence electrons. The molecule has 0 unspecified atom stereocenters. The van der Waals surface area contributed by atoms with Crippen LogP contribution in [0, 0.1) is 6.92 Å². The first-order valence-electron chi connectivity index (χ1n) is 6.30. The molecule has 2 N–H and O–H groups in total. The van der Waals surface area contributed by atoms with Gasteiger partial charge in [-0.2, -0.15) is 0 Å². The largest absolute Gasteiger partial charge is 0.398 e. The summed E-state index contributed by atoms with van der Waals surface area (Å²) >= 11 is 1.66. The fourth-order valence-electron chi connectivity index (χ4n) is 1.96. The molecule has 0 aliphatic carbocycles. The van der Waals surface area contributed by atoms with Gasteiger partial charge in [0.15, 0.2) is 0 Å². The lowest BCUT2D eigenvalue weighted by molar-refractivity contribution is 0.0755. The average molecular weight is 274 g/mol. The Bertz CT molecular complexity index is 564. The monoisotopic (exact) mass is 274 g/mol. The fraction of sp³-hybridized carbons (Fsp3) is 0.267. The minimum Gasteiger partial charge on any atom is -0.398 e. The maximum Gasteiger partial charge on any atom is 0.256 e. The predicted octanol–water partition coefficient (Wildman–Crippen LogP) is 3.30. The number of aryl methyl sites for hydroxylation is 1. The molecule has 0 saturated heterocycles. The number of carbonyl (C=O) groups is 1. The molecule has 0 radical (unpaired) electrons. The minimum absolute atomic E-state index is 0.00269. The van der Waals surface area contributed by atoms with Crippen LogP contribution in [0.1, 0.15) is 27.7 Å². The maximum absolute atomic E-state index is 12.5. The lowest BCUT2D eigenvalue weighted by Crippen LogP contribution is -2.30. The molecule has 0 fully saturated rings. The van der Waals surface area contributed by atoms with Crippen molar-refractivity contribution in [1.29, 1.82) is 0 Å². The van der Waals surface area contributed by atoms with Crippen LogP contribution in [0.4, 0.5) is 5.69 Å². The van der Waals surface area contributed by atoms with Crippen molar-refractivity contribution in [1.82, 2.24) is 4.90 Å². The highest BCUT2D eigenvalue weighted by molar-refractivity contribution is 7.09. The minimum atomic E-state index is -0.00269. The SMILES string of the molecule is CCN(Cc1cccs1)C(=O)c1cccc(C)c1N. The molecular formula is C15H18N2OS. The summed E-state index contributed by atoms with van der Waals surface area (Å²) in [6.45, 7) is 5.21. The number of nitrogens with two attached hydrogens (primary N) is 1. The molecule has 2 aromatic rings. The molecule has 2 rings (SSSR count). The molecule has 0 spiro atoms. The third-order valence-corrected chi connectivity index (χ3v) is 4.01. The highest BCUT2D eigenvalue weighted by Crippen LogP contribution is 2.20. The summed E-state index contributed by atoms with van der Waals surface area (Å²) in [7, 11) is 0. The Morgan fingerprint density at radius 1 is 1.32 bits per heavy atom. The van der Waals surface area contributed by atoms with Gasteiger partial charge in [0.25, 0.3) is 5.91 Å². The van der Waals surface area contributed by atoms with E-state index in [1.807, 2.05) is 48.4 Å². The summed E-state index contributed by atoms with van der Waals surface area (Å²) < 4.78 is 0. The van der Waals surface area contributed by atoms with Gasteiger partial charge in [-0.15, -0.1) is 11.3 Å². The van der Waals surface area contributed by atoms with Crippen LogP contribution in [-0.2, 0) is 6.54 Å². The third kappa shape index (κ3) is 2.96. The molecular weight excluding hydrogens is 256 g/mol. The van der Waals surface area contributed by atoms with Crippen molar-refractivity contribution in [2.45, 2.75) is 20.4 Å². The zero-order valence-electron chi connectivity index (χ0n) is 11.2. The summed E-state index contributed by atoms with van der Waals surface area (Å²) in [6, 6.07) is 9.63. The van der Waals surface area contributed by atoms with E-state index < -0.39 is 0 Å². The lowest BCUT2D eigenvalue weighted by atomic mass is 10.1. The van der Waals surface area contributed by atoms with Crippen LogP contribution < -0.4 is 5.73 Å². The fourth-order valence-corrected chi connectivity index (χ4v) is 2.67. The van der Waals surface area contributed by atoms with E-state index in [9.17, 15) is 4.79 Å². The summed E-state index contributed by atoms with van der Waals surface area (Å²) in [5.74, 6) is -0.00269. The van der Waals surface area contributed by atoms with Crippen LogP contribution in [0.2, 0.25) is 0 Å². The van der Waals surface area contributed by atoms with Gasteiger partial charge in [-0.1, -0.05) is 18.2 Å². The van der Waals surface area contributed by atoms with Crippen molar-refractivity contribution < 1.29 is 4.79 Å².